The summed E-state index contributed by atoms with van der Waals surface area (Å²) in [5.74, 6) is 6.72. The lowest BCUT2D eigenvalue weighted by Crippen LogP contribution is -2.15. The van der Waals surface area contributed by atoms with Gasteiger partial charge in [-0.3, -0.25) is 0 Å². The quantitative estimate of drug-likeness (QED) is 0.195. The van der Waals surface area contributed by atoms with Crippen molar-refractivity contribution in [3.05, 3.63) is 48.2 Å². The molecule has 0 aliphatic heterocycles. The fourth-order valence-corrected chi connectivity index (χ4v) is 3.55. The summed E-state index contributed by atoms with van der Waals surface area (Å²) in [5, 5.41) is 3.45. The maximum absolute atomic E-state index is 4.15. The second-order valence-corrected chi connectivity index (χ2v) is 8.26. The Bertz CT molecular complexity index is 549. The van der Waals surface area contributed by atoms with Crippen LogP contribution in [0.4, 0.5) is 0 Å². The van der Waals surface area contributed by atoms with Gasteiger partial charge in [0.2, 0.25) is 0 Å². The van der Waals surface area contributed by atoms with E-state index in [4.69, 9.17) is 0 Å². The summed E-state index contributed by atoms with van der Waals surface area (Å²) in [6.07, 6.45) is 20.6. The molecule has 0 amide bonds. The molecule has 0 heterocycles. The summed E-state index contributed by atoms with van der Waals surface area (Å²) >= 11 is 0. The first-order valence-corrected chi connectivity index (χ1v) is 12.2. The van der Waals surface area contributed by atoms with Crippen LogP contribution in [0.25, 0.3) is 0 Å². The molecule has 0 saturated heterocycles. The zero-order valence-corrected chi connectivity index (χ0v) is 19.1. The predicted molar refractivity (Wildman–Crippen MR) is 130 cm³/mol. The normalized spacial score (nSPS) is 10.4. The third-order valence-corrected chi connectivity index (χ3v) is 5.44. The predicted octanol–water partition coefficient (Wildman–Crippen LogP) is 8.21. The molecule has 0 bridgehead atoms. The molecule has 0 unspecified atom stereocenters. The van der Waals surface area contributed by atoms with Crippen LogP contribution in [0.5, 0.6) is 0 Å². The molecule has 1 aromatic rings. The van der Waals surface area contributed by atoms with Crippen molar-refractivity contribution in [1.29, 1.82) is 0 Å². The fraction of sp³-hybridized carbons (Fsp3) is 0.643. The van der Waals surface area contributed by atoms with Gasteiger partial charge < -0.3 is 5.32 Å². The van der Waals surface area contributed by atoms with Gasteiger partial charge in [0, 0.05) is 25.1 Å². The Morgan fingerprint density at radius 3 is 1.93 bits per heavy atom. The molecule has 0 spiro atoms. The number of allylic oxidation sites excluding steroid dienone is 1. The third-order valence-electron chi connectivity index (χ3n) is 5.44. The Balaban J connectivity index is 1.82. The topological polar surface area (TPSA) is 12.0 Å². The van der Waals surface area contributed by atoms with E-state index in [1.165, 1.54) is 88.3 Å². The molecule has 1 heteroatoms. The van der Waals surface area contributed by atoms with E-state index in [0.717, 1.165) is 32.2 Å². The maximum atomic E-state index is 4.15. The monoisotopic (exact) mass is 395 g/mol. The van der Waals surface area contributed by atoms with Crippen molar-refractivity contribution in [3.8, 4) is 11.8 Å². The minimum Gasteiger partial charge on any atom is -0.388 e. The van der Waals surface area contributed by atoms with E-state index < -0.39 is 0 Å². The molecule has 1 N–H and O–H groups in total. The first-order valence-electron chi connectivity index (χ1n) is 12.2. The van der Waals surface area contributed by atoms with Gasteiger partial charge in [-0.05, 0) is 37.7 Å². The Hall–Kier alpha value is -1.68. The zero-order chi connectivity index (χ0) is 20.8. The van der Waals surface area contributed by atoms with Crippen LogP contribution in [-0.4, -0.2) is 6.54 Å². The molecule has 0 atom stereocenters. The van der Waals surface area contributed by atoms with Crippen molar-refractivity contribution < 1.29 is 0 Å². The maximum Gasteiger partial charge on any atom is 0.0184 e. The van der Waals surface area contributed by atoms with E-state index in [1.54, 1.807) is 0 Å². The number of unbranched alkanes of at least 4 members (excludes halogenated alkanes) is 12. The van der Waals surface area contributed by atoms with Crippen molar-refractivity contribution in [3.63, 3.8) is 0 Å². The summed E-state index contributed by atoms with van der Waals surface area (Å²) in [4.78, 5) is 0. The highest BCUT2D eigenvalue weighted by Gasteiger charge is 1.96. The van der Waals surface area contributed by atoms with Crippen molar-refractivity contribution in [2.45, 2.75) is 110 Å². The van der Waals surface area contributed by atoms with E-state index >= 15 is 0 Å². The number of benzene rings is 1. The number of hydrogen-bond donors (Lipinski definition) is 1. The van der Waals surface area contributed by atoms with E-state index in [0.29, 0.717) is 0 Å². The van der Waals surface area contributed by atoms with Crippen molar-refractivity contribution in [2.75, 3.05) is 6.54 Å². The molecule has 0 aliphatic rings. The molecule has 0 radical (unpaired) electrons. The smallest absolute Gasteiger partial charge is 0.0184 e. The minimum atomic E-state index is 0.974. The Labute approximate surface area is 181 Å². The fourth-order valence-electron chi connectivity index (χ4n) is 3.55. The van der Waals surface area contributed by atoms with Crippen LogP contribution in [0.1, 0.15) is 109 Å². The SMILES string of the molecule is C=C(CCCCC#CCCCCCCCCCCCC)NCCc1ccccc1. The van der Waals surface area contributed by atoms with Gasteiger partial charge in [0.1, 0.15) is 0 Å². The van der Waals surface area contributed by atoms with Crippen molar-refractivity contribution in [1.82, 2.24) is 5.32 Å². The van der Waals surface area contributed by atoms with Gasteiger partial charge >= 0.3 is 0 Å². The van der Waals surface area contributed by atoms with E-state index in [9.17, 15) is 0 Å². The summed E-state index contributed by atoms with van der Waals surface area (Å²) in [5.41, 5.74) is 2.55. The number of hydrogen-bond acceptors (Lipinski definition) is 1. The van der Waals surface area contributed by atoms with Gasteiger partial charge in [0.25, 0.3) is 0 Å². The molecule has 0 aromatic heterocycles. The van der Waals surface area contributed by atoms with Crippen LogP contribution < -0.4 is 5.32 Å². The summed E-state index contributed by atoms with van der Waals surface area (Å²) in [7, 11) is 0. The highest BCUT2D eigenvalue weighted by molar-refractivity contribution is 5.15. The Morgan fingerprint density at radius 2 is 1.31 bits per heavy atom. The average molecular weight is 396 g/mol. The minimum absolute atomic E-state index is 0.974. The van der Waals surface area contributed by atoms with E-state index in [1.807, 2.05) is 0 Å². The molecule has 1 nitrogen and oxygen atoms in total. The Kier molecular flexibility index (Phi) is 17.2. The number of nitrogens with one attached hydrogen (secondary N) is 1. The molecular weight excluding hydrogens is 350 g/mol. The molecule has 162 valence electrons. The lowest BCUT2D eigenvalue weighted by Gasteiger charge is -2.09. The second kappa shape index (κ2) is 19.6. The zero-order valence-electron chi connectivity index (χ0n) is 19.1. The molecule has 0 saturated carbocycles. The third kappa shape index (κ3) is 16.9. The summed E-state index contributed by atoms with van der Waals surface area (Å²) in [6.45, 7) is 7.40. The largest absolute Gasteiger partial charge is 0.388 e. The summed E-state index contributed by atoms with van der Waals surface area (Å²) < 4.78 is 0. The van der Waals surface area contributed by atoms with Gasteiger partial charge in [0.15, 0.2) is 0 Å². The first kappa shape index (κ1) is 25.4. The molecule has 1 aromatic carbocycles. The van der Waals surface area contributed by atoms with Crippen molar-refractivity contribution in [2.24, 2.45) is 0 Å². The molecular formula is C28H45N. The van der Waals surface area contributed by atoms with Crippen LogP contribution >= 0.6 is 0 Å². The van der Waals surface area contributed by atoms with Gasteiger partial charge in [-0.1, -0.05) is 102 Å². The van der Waals surface area contributed by atoms with Crippen molar-refractivity contribution >= 4 is 0 Å². The lowest BCUT2D eigenvalue weighted by molar-refractivity contribution is 0.558. The van der Waals surface area contributed by atoms with Crippen LogP contribution in [0, 0.1) is 11.8 Å². The van der Waals surface area contributed by atoms with Gasteiger partial charge in [-0.2, -0.15) is 0 Å². The lowest BCUT2D eigenvalue weighted by atomic mass is 10.1. The van der Waals surface area contributed by atoms with Gasteiger partial charge in [0.05, 0.1) is 0 Å². The summed E-state index contributed by atoms with van der Waals surface area (Å²) in [6, 6.07) is 10.6. The molecule has 29 heavy (non-hydrogen) atoms. The van der Waals surface area contributed by atoms with E-state index in [2.05, 4.69) is 61.0 Å². The van der Waals surface area contributed by atoms with Crippen LogP contribution in [0.15, 0.2) is 42.6 Å². The van der Waals surface area contributed by atoms with Gasteiger partial charge in [-0.25, -0.2) is 0 Å². The average Bonchev–Trinajstić information content (AvgIpc) is 2.74. The molecule has 1 rings (SSSR count). The standard InChI is InChI=1S/C28H45N/c1-3-4-5-6-7-8-9-10-11-12-13-14-15-16-17-19-22-27(2)29-26-25-28-23-20-18-21-24-28/h18,20-21,23-24,29H,2-13,16-17,19,22,25-26H2,1H3. The van der Waals surface area contributed by atoms with Crippen LogP contribution in [0.2, 0.25) is 0 Å². The highest BCUT2D eigenvalue weighted by Crippen LogP contribution is 2.11. The van der Waals surface area contributed by atoms with Crippen LogP contribution in [-0.2, 0) is 6.42 Å². The first-order chi connectivity index (χ1) is 14.3. The second-order valence-electron chi connectivity index (χ2n) is 8.26. The van der Waals surface area contributed by atoms with Gasteiger partial charge in [-0.15, -0.1) is 11.8 Å². The molecule has 0 aliphatic carbocycles. The Morgan fingerprint density at radius 1 is 0.759 bits per heavy atom. The molecule has 0 fully saturated rings. The van der Waals surface area contributed by atoms with E-state index in [-0.39, 0.29) is 0 Å². The highest BCUT2D eigenvalue weighted by atomic mass is 14.9. The van der Waals surface area contributed by atoms with Crippen LogP contribution in [0.3, 0.4) is 0 Å². The number of rotatable bonds is 18.